The molecule has 1 aliphatic rings. The van der Waals surface area contributed by atoms with Crippen LogP contribution in [-0.4, -0.2) is 25.0 Å². The third-order valence-corrected chi connectivity index (χ3v) is 4.52. The van der Waals surface area contributed by atoms with Crippen LogP contribution in [0.25, 0.3) is 0 Å². The van der Waals surface area contributed by atoms with Gasteiger partial charge < -0.3 is 10.6 Å². The molecule has 0 aromatic heterocycles. The van der Waals surface area contributed by atoms with E-state index >= 15 is 0 Å². The van der Waals surface area contributed by atoms with E-state index in [0.29, 0.717) is 0 Å². The lowest BCUT2D eigenvalue weighted by Crippen LogP contribution is -2.28. The molecule has 0 heterocycles. The first-order valence-electron chi connectivity index (χ1n) is 6.45. The fourth-order valence-corrected chi connectivity index (χ4v) is 2.41. The molecule has 0 atom stereocenters. The van der Waals surface area contributed by atoms with Gasteiger partial charge in [0.1, 0.15) is 0 Å². The van der Waals surface area contributed by atoms with Gasteiger partial charge >= 0.3 is 0 Å². The standard InChI is InChI=1S/C14H19IN2O/c1-10-4-2-5-12(13(10)15)14(18)17-9-3-8-16-11-6-7-11/h2,4-5,11,16H,3,6-9H2,1H3,(H,17,18). The number of benzene rings is 1. The summed E-state index contributed by atoms with van der Waals surface area (Å²) in [6.45, 7) is 3.76. The molecule has 3 nitrogen and oxygen atoms in total. The highest BCUT2D eigenvalue weighted by Crippen LogP contribution is 2.18. The summed E-state index contributed by atoms with van der Waals surface area (Å²) in [7, 11) is 0. The molecule has 0 unspecified atom stereocenters. The highest BCUT2D eigenvalue weighted by atomic mass is 127. The molecule has 1 saturated carbocycles. The minimum Gasteiger partial charge on any atom is -0.352 e. The highest BCUT2D eigenvalue weighted by Gasteiger charge is 2.19. The number of carbonyl (C=O) groups is 1. The third-order valence-electron chi connectivity index (χ3n) is 3.09. The van der Waals surface area contributed by atoms with Crippen molar-refractivity contribution in [2.75, 3.05) is 13.1 Å². The Bertz CT molecular complexity index is 430. The number of halogens is 1. The maximum Gasteiger partial charge on any atom is 0.252 e. The summed E-state index contributed by atoms with van der Waals surface area (Å²) in [6.07, 6.45) is 3.62. The maximum atomic E-state index is 12.0. The van der Waals surface area contributed by atoms with E-state index in [9.17, 15) is 4.79 Å². The van der Waals surface area contributed by atoms with Crippen LogP contribution in [0.1, 0.15) is 35.2 Å². The van der Waals surface area contributed by atoms with Gasteiger partial charge in [0.25, 0.3) is 5.91 Å². The zero-order valence-corrected chi connectivity index (χ0v) is 12.8. The number of rotatable bonds is 6. The Kier molecular flexibility index (Phi) is 5.00. The molecular formula is C14H19IN2O. The van der Waals surface area contributed by atoms with Crippen molar-refractivity contribution in [2.45, 2.75) is 32.2 Å². The average molecular weight is 358 g/mol. The predicted octanol–water partition coefficient (Wildman–Crippen LogP) is 2.47. The lowest BCUT2D eigenvalue weighted by Gasteiger charge is -2.08. The van der Waals surface area contributed by atoms with Crippen molar-refractivity contribution in [3.05, 3.63) is 32.9 Å². The van der Waals surface area contributed by atoms with Crippen molar-refractivity contribution in [1.29, 1.82) is 0 Å². The molecule has 1 aromatic carbocycles. The molecule has 4 heteroatoms. The van der Waals surface area contributed by atoms with Gasteiger partial charge in [-0.2, -0.15) is 0 Å². The number of nitrogens with one attached hydrogen (secondary N) is 2. The van der Waals surface area contributed by atoms with E-state index in [1.807, 2.05) is 25.1 Å². The summed E-state index contributed by atoms with van der Waals surface area (Å²) in [6, 6.07) is 6.59. The number of aryl methyl sites for hydroxylation is 1. The van der Waals surface area contributed by atoms with Gasteiger partial charge in [0.15, 0.2) is 0 Å². The Morgan fingerprint density at radius 1 is 1.39 bits per heavy atom. The van der Waals surface area contributed by atoms with Crippen molar-refractivity contribution >= 4 is 28.5 Å². The summed E-state index contributed by atoms with van der Waals surface area (Å²) in [5.41, 5.74) is 1.93. The maximum absolute atomic E-state index is 12.0. The van der Waals surface area contributed by atoms with Crippen molar-refractivity contribution in [3.63, 3.8) is 0 Å². The Hall–Kier alpha value is -0.620. The molecule has 0 saturated heterocycles. The molecule has 0 spiro atoms. The first-order chi connectivity index (χ1) is 8.68. The van der Waals surface area contributed by atoms with E-state index in [-0.39, 0.29) is 5.91 Å². The second-order valence-corrected chi connectivity index (χ2v) is 5.85. The third kappa shape index (κ3) is 3.95. The van der Waals surface area contributed by atoms with Crippen molar-refractivity contribution in [2.24, 2.45) is 0 Å². The number of hydrogen-bond donors (Lipinski definition) is 2. The second-order valence-electron chi connectivity index (χ2n) is 4.77. The van der Waals surface area contributed by atoms with Gasteiger partial charge in [-0.25, -0.2) is 0 Å². The quantitative estimate of drug-likeness (QED) is 0.606. The van der Waals surface area contributed by atoms with Crippen LogP contribution in [0.5, 0.6) is 0 Å². The fourth-order valence-electron chi connectivity index (χ4n) is 1.80. The molecule has 0 bridgehead atoms. The molecule has 18 heavy (non-hydrogen) atoms. The van der Waals surface area contributed by atoms with E-state index in [2.05, 4.69) is 33.2 Å². The number of carbonyl (C=O) groups excluding carboxylic acids is 1. The van der Waals surface area contributed by atoms with Crippen LogP contribution in [0.4, 0.5) is 0 Å². The van der Waals surface area contributed by atoms with Crippen LogP contribution in [0.15, 0.2) is 18.2 Å². The van der Waals surface area contributed by atoms with E-state index in [1.54, 1.807) is 0 Å². The second kappa shape index (κ2) is 6.52. The summed E-state index contributed by atoms with van der Waals surface area (Å²) in [4.78, 5) is 12.0. The van der Waals surface area contributed by atoms with Crippen LogP contribution in [0, 0.1) is 10.5 Å². The van der Waals surface area contributed by atoms with Gasteiger partial charge in [-0.3, -0.25) is 4.79 Å². The lowest BCUT2D eigenvalue weighted by atomic mass is 10.1. The zero-order valence-electron chi connectivity index (χ0n) is 10.6. The van der Waals surface area contributed by atoms with Crippen LogP contribution in [0.3, 0.4) is 0 Å². The Morgan fingerprint density at radius 3 is 2.89 bits per heavy atom. The molecule has 0 aliphatic heterocycles. The van der Waals surface area contributed by atoms with Gasteiger partial charge in [-0.1, -0.05) is 12.1 Å². The smallest absolute Gasteiger partial charge is 0.252 e. The van der Waals surface area contributed by atoms with Crippen LogP contribution < -0.4 is 10.6 Å². The molecule has 1 aromatic rings. The normalized spacial score (nSPS) is 14.6. The summed E-state index contributed by atoms with van der Waals surface area (Å²) < 4.78 is 1.05. The summed E-state index contributed by atoms with van der Waals surface area (Å²) >= 11 is 2.23. The Balaban J connectivity index is 1.74. The van der Waals surface area contributed by atoms with Crippen LogP contribution in [-0.2, 0) is 0 Å². The molecule has 2 N–H and O–H groups in total. The molecule has 2 rings (SSSR count). The van der Waals surface area contributed by atoms with Crippen molar-refractivity contribution in [1.82, 2.24) is 10.6 Å². The Morgan fingerprint density at radius 2 is 2.17 bits per heavy atom. The number of hydrogen-bond acceptors (Lipinski definition) is 2. The summed E-state index contributed by atoms with van der Waals surface area (Å²) in [5.74, 6) is 0.0366. The van der Waals surface area contributed by atoms with Gasteiger partial charge in [0, 0.05) is 16.2 Å². The lowest BCUT2D eigenvalue weighted by molar-refractivity contribution is 0.0952. The molecule has 0 radical (unpaired) electrons. The monoisotopic (exact) mass is 358 g/mol. The minimum absolute atomic E-state index is 0.0366. The predicted molar refractivity (Wildman–Crippen MR) is 81.9 cm³/mol. The topological polar surface area (TPSA) is 41.1 Å². The zero-order chi connectivity index (χ0) is 13.0. The fraction of sp³-hybridized carbons (Fsp3) is 0.500. The SMILES string of the molecule is Cc1cccc(C(=O)NCCCNC2CC2)c1I. The van der Waals surface area contributed by atoms with E-state index in [4.69, 9.17) is 0 Å². The average Bonchev–Trinajstić information content (AvgIpc) is 3.16. The highest BCUT2D eigenvalue weighted by molar-refractivity contribution is 14.1. The van der Waals surface area contributed by atoms with E-state index in [1.165, 1.54) is 12.8 Å². The van der Waals surface area contributed by atoms with Crippen LogP contribution >= 0.6 is 22.6 Å². The largest absolute Gasteiger partial charge is 0.352 e. The van der Waals surface area contributed by atoms with Crippen molar-refractivity contribution < 1.29 is 4.79 Å². The van der Waals surface area contributed by atoms with Gasteiger partial charge in [0.05, 0.1) is 5.56 Å². The first-order valence-corrected chi connectivity index (χ1v) is 7.53. The van der Waals surface area contributed by atoms with Gasteiger partial charge in [-0.05, 0) is 67.0 Å². The van der Waals surface area contributed by atoms with E-state index in [0.717, 1.165) is 40.2 Å². The number of amides is 1. The first kappa shape index (κ1) is 13.8. The van der Waals surface area contributed by atoms with E-state index < -0.39 is 0 Å². The molecule has 1 fully saturated rings. The molecule has 1 amide bonds. The molecular weight excluding hydrogens is 339 g/mol. The summed E-state index contributed by atoms with van der Waals surface area (Å²) in [5, 5.41) is 6.42. The van der Waals surface area contributed by atoms with Gasteiger partial charge in [-0.15, -0.1) is 0 Å². The molecule has 98 valence electrons. The van der Waals surface area contributed by atoms with Crippen molar-refractivity contribution in [3.8, 4) is 0 Å². The van der Waals surface area contributed by atoms with Gasteiger partial charge in [0.2, 0.25) is 0 Å². The Labute approximate surface area is 122 Å². The molecule has 1 aliphatic carbocycles. The van der Waals surface area contributed by atoms with Crippen LogP contribution in [0.2, 0.25) is 0 Å². The minimum atomic E-state index is 0.0366.